The second-order valence-corrected chi connectivity index (χ2v) is 4.81. The average Bonchev–Trinajstić information content (AvgIpc) is 2.86. The van der Waals surface area contributed by atoms with Gasteiger partial charge in [-0.2, -0.15) is 0 Å². The van der Waals surface area contributed by atoms with Crippen molar-refractivity contribution in [2.24, 2.45) is 7.05 Å². The Morgan fingerprint density at radius 2 is 1.87 bits per heavy atom. The molecule has 0 bridgehead atoms. The quantitative estimate of drug-likeness (QED) is 0.739. The molecule has 0 saturated heterocycles. The van der Waals surface area contributed by atoms with Crippen LogP contribution in [0.3, 0.4) is 0 Å². The molecule has 120 valence electrons. The fraction of sp³-hybridized carbons (Fsp3) is 0.125. The third-order valence-corrected chi connectivity index (χ3v) is 2.98. The molecule has 23 heavy (non-hydrogen) atoms. The Labute approximate surface area is 133 Å². The molecule has 7 nitrogen and oxygen atoms in total. The van der Waals surface area contributed by atoms with Crippen LogP contribution in [0, 0.1) is 0 Å². The minimum Gasteiger partial charge on any atom is -0.445 e. The number of nitrogens with zero attached hydrogens (tertiary/aromatic N) is 1. The number of benzene rings is 1. The van der Waals surface area contributed by atoms with Gasteiger partial charge in [-0.3, -0.25) is 10.1 Å². The predicted octanol–water partition coefficient (Wildman–Crippen LogP) is 2.59. The van der Waals surface area contributed by atoms with Crippen molar-refractivity contribution < 1.29 is 14.3 Å². The van der Waals surface area contributed by atoms with E-state index in [9.17, 15) is 9.59 Å². The molecule has 1 heterocycles. The van der Waals surface area contributed by atoms with E-state index in [2.05, 4.69) is 17.2 Å². The van der Waals surface area contributed by atoms with Gasteiger partial charge in [-0.15, -0.1) is 0 Å². The van der Waals surface area contributed by atoms with Gasteiger partial charge in [0.2, 0.25) is 0 Å². The highest BCUT2D eigenvalue weighted by atomic mass is 16.5. The first-order chi connectivity index (χ1) is 11.0. The van der Waals surface area contributed by atoms with Crippen LogP contribution in [0.5, 0.6) is 0 Å². The van der Waals surface area contributed by atoms with Crippen molar-refractivity contribution in [3.63, 3.8) is 0 Å². The van der Waals surface area contributed by atoms with Crippen molar-refractivity contribution in [3.05, 3.63) is 54.9 Å². The van der Waals surface area contributed by atoms with E-state index in [1.807, 2.05) is 0 Å². The molecule has 0 aliphatic heterocycles. The fourth-order valence-corrected chi connectivity index (χ4v) is 1.94. The summed E-state index contributed by atoms with van der Waals surface area (Å²) in [5.74, 6) is -0.268. The van der Waals surface area contributed by atoms with Crippen LogP contribution < -0.4 is 16.4 Å². The summed E-state index contributed by atoms with van der Waals surface area (Å²) < 4.78 is 6.46. The summed E-state index contributed by atoms with van der Waals surface area (Å²) in [4.78, 5) is 23.5. The van der Waals surface area contributed by atoms with Crippen LogP contribution >= 0.6 is 0 Å². The third kappa shape index (κ3) is 4.37. The minimum atomic E-state index is -0.569. The number of rotatable bonds is 5. The molecule has 2 aromatic rings. The predicted molar refractivity (Wildman–Crippen MR) is 89.4 cm³/mol. The van der Waals surface area contributed by atoms with Crippen LogP contribution in [0.25, 0.3) is 0 Å². The lowest BCUT2D eigenvalue weighted by Crippen LogP contribution is -2.16. The van der Waals surface area contributed by atoms with E-state index in [1.165, 1.54) is 6.08 Å². The number of nitrogens with one attached hydrogen (secondary N) is 2. The monoisotopic (exact) mass is 314 g/mol. The molecule has 4 N–H and O–H groups in total. The lowest BCUT2D eigenvalue weighted by atomic mass is 10.2. The second-order valence-electron chi connectivity index (χ2n) is 4.81. The molecule has 0 fully saturated rings. The number of amides is 2. The largest absolute Gasteiger partial charge is 0.445 e. The smallest absolute Gasteiger partial charge is 0.411 e. The first kappa shape index (κ1) is 16.2. The molecule has 0 radical (unpaired) electrons. The molecule has 7 heteroatoms. The number of nitrogens with two attached hydrogens (primary N) is 1. The Bertz CT molecular complexity index is 719. The van der Waals surface area contributed by atoms with E-state index in [4.69, 9.17) is 10.5 Å². The summed E-state index contributed by atoms with van der Waals surface area (Å²) >= 11 is 0. The third-order valence-electron chi connectivity index (χ3n) is 2.98. The van der Waals surface area contributed by atoms with E-state index < -0.39 is 6.09 Å². The average molecular weight is 314 g/mol. The van der Waals surface area contributed by atoms with Crippen LogP contribution in [-0.2, 0) is 11.8 Å². The SMILES string of the molecule is C=CCOC(=O)Nc1ccc(NC(=O)c2cc(N)cn2C)cc1. The number of nitrogen functional groups attached to an aromatic ring is 1. The lowest BCUT2D eigenvalue weighted by molar-refractivity contribution is 0.101. The number of aromatic nitrogens is 1. The minimum absolute atomic E-state index is 0.139. The topological polar surface area (TPSA) is 98.4 Å². The zero-order valence-electron chi connectivity index (χ0n) is 12.7. The Morgan fingerprint density at radius 1 is 1.26 bits per heavy atom. The molecule has 0 atom stereocenters. The maximum atomic E-state index is 12.1. The number of carbonyl (C=O) groups excluding carboxylic acids is 2. The normalized spacial score (nSPS) is 9.96. The summed E-state index contributed by atoms with van der Waals surface area (Å²) in [6.07, 6.45) is 2.58. The number of carbonyl (C=O) groups is 2. The number of hydrogen-bond acceptors (Lipinski definition) is 4. The van der Waals surface area contributed by atoms with E-state index >= 15 is 0 Å². The molecule has 0 aliphatic rings. The number of anilines is 3. The highest BCUT2D eigenvalue weighted by Crippen LogP contribution is 2.16. The highest BCUT2D eigenvalue weighted by molar-refractivity contribution is 6.04. The second kappa shape index (κ2) is 7.17. The summed E-state index contributed by atoms with van der Waals surface area (Å²) in [6, 6.07) is 8.26. The molecule has 2 amide bonds. The summed E-state index contributed by atoms with van der Waals surface area (Å²) in [5.41, 5.74) is 7.78. The Kier molecular flexibility index (Phi) is 5.03. The van der Waals surface area contributed by atoms with Crippen LogP contribution in [0.1, 0.15) is 10.5 Å². The number of aryl methyl sites for hydroxylation is 1. The van der Waals surface area contributed by atoms with Gasteiger partial charge in [0.05, 0.1) is 5.69 Å². The van der Waals surface area contributed by atoms with Gasteiger partial charge in [-0.25, -0.2) is 4.79 Å². The molecule has 1 aromatic heterocycles. The van der Waals surface area contributed by atoms with E-state index in [-0.39, 0.29) is 12.5 Å². The van der Waals surface area contributed by atoms with Crippen molar-refractivity contribution in [2.45, 2.75) is 0 Å². The van der Waals surface area contributed by atoms with Crippen LogP contribution in [0.15, 0.2) is 49.2 Å². The maximum Gasteiger partial charge on any atom is 0.411 e. The van der Waals surface area contributed by atoms with Crippen molar-refractivity contribution in [1.29, 1.82) is 0 Å². The van der Waals surface area contributed by atoms with Gasteiger partial charge < -0.3 is 20.4 Å². The molecular formula is C16H18N4O3. The van der Waals surface area contributed by atoms with Gasteiger partial charge in [0.1, 0.15) is 12.3 Å². The van der Waals surface area contributed by atoms with E-state index in [1.54, 1.807) is 48.1 Å². The molecule has 0 unspecified atom stereocenters. The number of hydrogen-bond donors (Lipinski definition) is 3. The van der Waals surface area contributed by atoms with Gasteiger partial charge in [-0.1, -0.05) is 12.7 Å². The van der Waals surface area contributed by atoms with Gasteiger partial charge >= 0.3 is 6.09 Å². The molecule has 0 spiro atoms. The standard InChI is InChI=1S/C16H18N4O3/c1-3-8-23-16(22)19-13-6-4-12(5-7-13)18-15(21)14-9-11(17)10-20(14)2/h3-7,9-10H,1,8,17H2,2H3,(H,18,21)(H,19,22). The molecule has 0 aliphatic carbocycles. The zero-order chi connectivity index (χ0) is 16.8. The number of ether oxygens (including phenoxy) is 1. The zero-order valence-corrected chi connectivity index (χ0v) is 12.7. The molecule has 0 saturated carbocycles. The maximum absolute atomic E-state index is 12.1. The molecule has 1 aromatic carbocycles. The molecule has 2 rings (SSSR count). The summed E-state index contributed by atoms with van der Waals surface area (Å²) in [5, 5.41) is 5.31. The summed E-state index contributed by atoms with van der Waals surface area (Å²) in [7, 11) is 1.74. The Balaban J connectivity index is 1.97. The fourth-order valence-electron chi connectivity index (χ4n) is 1.94. The van der Waals surface area contributed by atoms with E-state index in [0.29, 0.717) is 22.8 Å². The van der Waals surface area contributed by atoms with Gasteiger partial charge in [-0.05, 0) is 30.3 Å². The van der Waals surface area contributed by atoms with Crippen molar-refractivity contribution in [3.8, 4) is 0 Å². The first-order valence-electron chi connectivity index (χ1n) is 6.87. The highest BCUT2D eigenvalue weighted by Gasteiger charge is 2.11. The van der Waals surface area contributed by atoms with Crippen LogP contribution in [0.4, 0.5) is 21.9 Å². The van der Waals surface area contributed by atoms with Gasteiger partial charge in [0, 0.05) is 24.6 Å². The van der Waals surface area contributed by atoms with Gasteiger partial charge in [0.15, 0.2) is 0 Å². The Morgan fingerprint density at radius 3 is 2.39 bits per heavy atom. The van der Waals surface area contributed by atoms with Crippen LogP contribution in [-0.4, -0.2) is 23.2 Å². The first-order valence-corrected chi connectivity index (χ1v) is 6.87. The molecular weight excluding hydrogens is 296 g/mol. The summed E-state index contributed by atoms with van der Waals surface area (Å²) in [6.45, 7) is 3.60. The van der Waals surface area contributed by atoms with Crippen molar-refractivity contribution in [2.75, 3.05) is 23.0 Å². The lowest BCUT2D eigenvalue weighted by Gasteiger charge is -2.08. The van der Waals surface area contributed by atoms with Crippen molar-refractivity contribution >= 4 is 29.1 Å². The Hall–Kier alpha value is -3.22. The van der Waals surface area contributed by atoms with E-state index in [0.717, 1.165) is 0 Å². The van der Waals surface area contributed by atoms with Crippen LogP contribution in [0.2, 0.25) is 0 Å². The van der Waals surface area contributed by atoms with Gasteiger partial charge in [0.25, 0.3) is 5.91 Å². The van der Waals surface area contributed by atoms with Crippen molar-refractivity contribution in [1.82, 2.24) is 4.57 Å².